The van der Waals surface area contributed by atoms with Crippen LogP contribution in [0, 0.1) is 5.41 Å². The lowest BCUT2D eigenvalue weighted by Crippen LogP contribution is -2.40. The van der Waals surface area contributed by atoms with E-state index >= 15 is 0 Å². The second-order valence-electron chi connectivity index (χ2n) is 7.46. The van der Waals surface area contributed by atoms with Crippen LogP contribution in [-0.4, -0.2) is 45.7 Å². The number of aromatic nitrogens is 3. The summed E-state index contributed by atoms with van der Waals surface area (Å²) in [7, 11) is 1.76. The third kappa shape index (κ3) is 4.37. The fourth-order valence-electron chi connectivity index (χ4n) is 2.77. The molecule has 1 heterocycles. The Labute approximate surface area is 165 Å². The number of hydrogen-bond donors (Lipinski definition) is 1. The number of halogens is 2. The maximum atomic E-state index is 12.8. The Bertz CT molecular complexity index is 786. The molecule has 0 unspecified atom stereocenters. The standard InChI is InChI=1S/C18H24ClN5O.ClH/c1-18(2,10-20)11-23(3)17(25)15-21-16(12-8-9-12)24(22-15)14-7-5-4-6-13(14)19;/h4-7,12H,8-11,20H2,1-3H3;1H. The molecule has 1 saturated carbocycles. The van der Waals surface area contributed by atoms with Gasteiger partial charge in [0.15, 0.2) is 0 Å². The van der Waals surface area contributed by atoms with Gasteiger partial charge in [0.1, 0.15) is 5.82 Å². The van der Waals surface area contributed by atoms with Gasteiger partial charge in [-0.3, -0.25) is 4.79 Å². The van der Waals surface area contributed by atoms with Gasteiger partial charge in [-0.05, 0) is 36.9 Å². The van der Waals surface area contributed by atoms with Crippen LogP contribution in [0.5, 0.6) is 0 Å². The Morgan fingerprint density at radius 2 is 2.04 bits per heavy atom. The van der Waals surface area contributed by atoms with Gasteiger partial charge in [-0.1, -0.05) is 37.6 Å². The van der Waals surface area contributed by atoms with Crippen molar-refractivity contribution in [2.45, 2.75) is 32.6 Å². The van der Waals surface area contributed by atoms with Crippen LogP contribution in [0.3, 0.4) is 0 Å². The second-order valence-corrected chi connectivity index (χ2v) is 7.87. The minimum Gasteiger partial charge on any atom is -0.338 e. The lowest BCUT2D eigenvalue weighted by Gasteiger charge is -2.28. The van der Waals surface area contributed by atoms with Crippen molar-refractivity contribution >= 4 is 29.9 Å². The van der Waals surface area contributed by atoms with E-state index < -0.39 is 0 Å². The van der Waals surface area contributed by atoms with Crippen LogP contribution < -0.4 is 5.73 Å². The van der Waals surface area contributed by atoms with Crippen molar-refractivity contribution in [3.63, 3.8) is 0 Å². The summed E-state index contributed by atoms with van der Waals surface area (Å²) in [4.78, 5) is 18.9. The zero-order valence-electron chi connectivity index (χ0n) is 15.3. The minimum absolute atomic E-state index is 0. The van der Waals surface area contributed by atoms with E-state index in [1.165, 1.54) is 0 Å². The van der Waals surface area contributed by atoms with Gasteiger partial charge in [-0.25, -0.2) is 9.67 Å². The molecular formula is C18H25Cl2N5O. The smallest absolute Gasteiger partial charge is 0.293 e. The Morgan fingerprint density at radius 3 is 2.62 bits per heavy atom. The van der Waals surface area contributed by atoms with Crippen LogP contribution in [-0.2, 0) is 0 Å². The lowest BCUT2D eigenvalue weighted by molar-refractivity contribution is 0.0728. The number of rotatable bonds is 6. The molecule has 142 valence electrons. The molecule has 0 radical (unpaired) electrons. The number of hydrogen-bond acceptors (Lipinski definition) is 4. The molecule has 1 aromatic carbocycles. The van der Waals surface area contributed by atoms with Crippen molar-refractivity contribution in [3.8, 4) is 5.69 Å². The first kappa shape index (κ1) is 20.7. The van der Waals surface area contributed by atoms with Crippen LogP contribution in [0.15, 0.2) is 24.3 Å². The van der Waals surface area contributed by atoms with Crippen molar-refractivity contribution in [1.29, 1.82) is 0 Å². The molecule has 1 amide bonds. The molecule has 1 aliphatic rings. The van der Waals surface area contributed by atoms with Crippen LogP contribution in [0.4, 0.5) is 0 Å². The maximum absolute atomic E-state index is 12.8. The molecule has 3 rings (SSSR count). The summed E-state index contributed by atoms with van der Waals surface area (Å²) >= 11 is 6.32. The van der Waals surface area contributed by atoms with E-state index in [1.807, 2.05) is 38.1 Å². The third-order valence-corrected chi connectivity index (χ3v) is 4.73. The highest BCUT2D eigenvalue weighted by atomic mass is 35.5. The van der Waals surface area contributed by atoms with Crippen molar-refractivity contribution in [2.75, 3.05) is 20.1 Å². The Morgan fingerprint density at radius 1 is 1.38 bits per heavy atom. The predicted molar refractivity (Wildman–Crippen MR) is 105 cm³/mol. The molecule has 8 heteroatoms. The fourth-order valence-corrected chi connectivity index (χ4v) is 2.99. The second kappa shape index (κ2) is 7.94. The number of nitrogens with two attached hydrogens (primary N) is 1. The molecule has 0 spiro atoms. The maximum Gasteiger partial charge on any atom is 0.293 e. The van der Waals surface area contributed by atoms with Crippen molar-refractivity contribution in [1.82, 2.24) is 19.7 Å². The Hall–Kier alpha value is -1.63. The first-order valence-corrected chi connectivity index (χ1v) is 8.87. The SMILES string of the molecule is CN(CC(C)(C)CN)C(=O)c1nc(C2CC2)n(-c2ccccc2Cl)n1.Cl. The summed E-state index contributed by atoms with van der Waals surface area (Å²) in [6.07, 6.45) is 2.12. The summed E-state index contributed by atoms with van der Waals surface area (Å²) in [6, 6.07) is 7.47. The number of amides is 1. The molecule has 2 N–H and O–H groups in total. The lowest BCUT2D eigenvalue weighted by atomic mass is 9.93. The van der Waals surface area contributed by atoms with Gasteiger partial charge in [-0.15, -0.1) is 17.5 Å². The molecule has 1 aliphatic carbocycles. The van der Waals surface area contributed by atoms with Crippen LogP contribution in [0.25, 0.3) is 5.69 Å². The number of benzene rings is 1. The average molecular weight is 398 g/mol. The van der Waals surface area contributed by atoms with E-state index in [4.69, 9.17) is 17.3 Å². The Kier molecular flexibility index (Phi) is 6.32. The van der Waals surface area contributed by atoms with Gasteiger partial charge in [0.25, 0.3) is 5.91 Å². The molecular weight excluding hydrogens is 373 g/mol. The van der Waals surface area contributed by atoms with E-state index in [-0.39, 0.29) is 29.6 Å². The topological polar surface area (TPSA) is 77.0 Å². The molecule has 0 saturated heterocycles. The van der Waals surface area contributed by atoms with E-state index in [1.54, 1.807) is 16.6 Å². The minimum atomic E-state index is -0.200. The monoisotopic (exact) mass is 397 g/mol. The number of nitrogens with zero attached hydrogens (tertiary/aromatic N) is 4. The van der Waals surface area contributed by atoms with Gasteiger partial charge in [0.2, 0.25) is 5.82 Å². The summed E-state index contributed by atoms with van der Waals surface area (Å²) in [5, 5.41) is 5.07. The highest BCUT2D eigenvalue weighted by Gasteiger charge is 2.33. The van der Waals surface area contributed by atoms with Gasteiger partial charge in [-0.2, -0.15) is 0 Å². The van der Waals surface area contributed by atoms with Gasteiger partial charge in [0, 0.05) is 19.5 Å². The van der Waals surface area contributed by atoms with Crippen molar-refractivity contribution < 1.29 is 4.79 Å². The average Bonchev–Trinajstić information content (AvgIpc) is 3.33. The molecule has 0 bridgehead atoms. The zero-order valence-corrected chi connectivity index (χ0v) is 16.8. The molecule has 0 aliphatic heterocycles. The molecule has 0 atom stereocenters. The number of para-hydroxylation sites is 1. The van der Waals surface area contributed by atoms with Crippen molar-refractivity contribution in [3.05, 3.63) is 40.9 Å². The molecule has 1 aromatic heterocycles. The van der Waals surface area contributed by atoms with Gasteiger partial charge >= 0.3 is 0 Å². The highest BCUT2D eigenvalue weighted by Crippen LogP contribution is 2.40. The highest BCUT2D eigenvalue weighted by molar-refractivity contribution is 6.32. The molecule has 2 aromatic rings. The van der Waals surface area contributed by atoms with E-state index in [0.29, 0.717) is 24.0 Å². The fraction of sp³-hybridized carbons (Fsp3) is 0.500. The Balaban J connectivity index is 0.00000243. The molecule has 1 fully saturated rings. The van der Waals surface area contributed by atoms with Crippen LogP contribution >= 0.6 is 24.0 Å². The van der Waals surface area contributed by atoms with Crippen molar-refractivity contribution in [2.24, 2.45) is 11.1 Å². The molecule has 26 heavy (non-hydrogen) atoms. The summed E-state index contributed by atoms with van der Waals surface area (Å²) < 4.78 is 1.72. The van der Waals surface area contributed by atoms with E-state index in [9.17, 15) is 4.79 Å². The van der Waals surface area contributed by atoms with E-state index in [2.05, 4.69) is 10.1 Å². The summed E-state index contributed by atoms with van der Waals surface area (Å²) in [6.45, 7) is 5.10. The largest absolute Gasteiger partial charge is 0.338 e. The zero-order chi connectivity index (χ0) is 18.2. The van der Waals surface area contributed by atoms with Gasteiger partial charge in [0.05, 0.1) is 10.7 Å². The number of carbonyl (C=O) groups excluding carboxylic acids is 1. The molecule has 6 nitrogen and oxygen atoms in total. The quantitative estimate of drug-likeness (QED) is 0.810. The van der Waals surface area contributed by atoms with E-state index in [0.717, 1.165) is 24.4 Å². The van der Waals surface area contributed by atoms with Crippen LogP contribution in [0.2, 0.25) is 5.02 Å². The van der Waals surface area contributed by atoms with Gasteiger partial charge < -0.3 is 10.6 Å². The van der Waals surface area contributed by atoms with Crippen LogP contribution in [0.1, 0.15) is 49.1 Å². The summed E-state index contributed by atoms with van der Waals surface area (Å²) in [5.74, 6) is 1.16. The first-order chi connectivity index (χ1) is 11.8. The number of carbonyl (C=O) groups is 1. The first-order valence-electron chi connectivity index (χ1n) is 8.50. The normalized spacial score (nSPS) is 14.0. The summed E-state index contributed by atoms with van der Waals surface area (Å²) in [5.41, 5.74) is 6.37. The third-order valence-electron chi connectivity index (χ3n) is 4.41. The predicted octanol–water partition coefficient (Wildman–Crippen LogP) is 3.28.